The zero-order valence-electron chi connectivity index (χ0n) is 22.9. The van der Waals surface area contributed by atoms with Gasteiger partial charge < -0.3 is 18.9 Å². The van der Waals surface area contributed by atoms with E-state index in [0.717, 1.165) is 69.6 Å². The summed E-state index contributed by atoms with van der Waals surface area (Å²) < 4.78 is 54.8. The van der Waals surface area contributed by atoms with E-state index in [1.165, 1.54) is 37.2 Å². The highest BCUT2D eigenvalue weighted by Gasteiger charge is 2.32. The summed E-state index contributed by atoms with van der Waals surface area (Å²) in [4.78, 5) is 2.48. The van der Waals surface area contributed by atoms with Crippen molar-refractivity contribution in [2.45, 2.75) is 81.7 Å². The Hall–Kier alpha value is -2.92. The van der Waals surface area contributed by atoms with E-state index < -0.39 is 11.7 Å². The van der Waals surface area contributed by atoms with Gasteiger partial charge in [0.2, 0.25) is 0 Å². The topological polar surface area (TPSA) is 70.2 Å². The molecule has 3 aliphatic rings. The smallest absolute Gasteiger partial charge is 0.416 e. The van der Waals surface area contributed by atoms with Gasteiger partial charge in [0.25, 0.3) is 0 Å². The lowest BCUT2D eigenvalue weighted by molar-refractivity contribution is -0.137. The molecule has 216 valence electrons. The minimum atomic E-state index is -4.41. The third-order valence-electron chi connectivity index (χ3n) is 8.84. The molecular weight excluding hydrogens is 521 g/mol. The van der Waals surface area contributed by atoms with Crippen LogP contribution in [0.4, 0.5) is 13.2 Å². The van der Waals surface area contributed by atoms with Gasteiger partial charge in [-0.3, -0.25) is 4.68 Å². The molecule has 6 rings (SSSR count). The normalized spacial score (nSPS) is 26.0. The lowest BCUT2D eigenvalue weighted by atomic mass is 9.79. The van der Waals surface area contributed by atoms with Gasteiger partial charge in [0.05, 0.1) is 30.5 Å². The van der Waals surface area contributed by atoms with Crippen molar-refractivity contribution in [2.75, 3.05) is 26.2 Å². The van der Waals surface area contributed by atoms with Crippen LogP contribution in [0.3, 0.4) is 0 Å². The first kappa shape index (κ1) is 27.3. The van der Waals surface area contributed by atoms with Gasteiger partial charge in [-0.25, -0.2) is 0 Å². The number of halogens is 3. The molecule has 1 aromatic carbocycles. The molecule has 2 saturated heterocycles. The van der Waals surface area contributed by atoms with Gasteiger partial charge in [-0.1, -0.05) is 6.07 Å². The number of ether oxygens (including phenoxy) is 2. The molecular formula is C29H37F3N6O2. The number of benzene rings is 1. The van der Waals surface area contributed by atoms with Crippen molar-refractivity contribution in [3.8, 4) is 5.75 Å². The Morgan fingerprint density at radius 3 is 2.52 bits per heavy atom. The first-order valence-electron chi connectivity index (χ1n) is 14.4. The lowest BCUT2D eigenvalue weighted by Crippen LogP contribution is -2.44. The van der Waals surface area contributed by atoms with Crippen molar-refractivity contribution >= 4 is 0 Å². The highest BCUT2D eigenvalue weighted by molar-refractivity contribution is 5.30. The minimum Gasteiger partial charge on any atom is -0.486 e. The molecule has 0 amide bonds. The summed E-state index contributed by atoms with van der Waals surface area (Å²) in [7, 11) is 1.90. The zero-order valence-corrected chi connectivity index (χ0v) is 22.9. The standard InChI is InChI=1S/C29H37F3N6O2/c1-36-27(19-40-25-5-2-4-23(14-25)29(30,31)32)34-35-28(36)21-8-6-20(7-9-21)22-15-33-38(16-22)24-10-11-26(39-18-24)17-37-12-3-13-37/h2,4-5,14-16,20-21,24,26H,3,6-13,17-19H2,1H3/t20?,21?,24-,26+/m1/s1. The van der Waals surface area contributed by atoms with Crippen molar-refractivity contribution in [3.63, 3.8) is 0 Å². The maximum atomic E-state index is 13.0. The van der Waals surface area contributed by atoms with Crippen LogP contribution in [0.1, 0.15) is 85.6 Å². The minimum absolute atomic E-state index is 0.0588. The summed E-state index contributed by atoms with van der Waals surface area (Å²) in [5, 5.41) is 13.4. The third kappa shape index (κ3) is 6.05. The van der Waals surface area contributed by atoms with Crippen molar-refractivity contribution in [2.24, 2.45) is 7.05 Å². The van der Waals surface area contributed by atoms with Crippen LogP contribution in [0.2, 0.25) is 0 Å². The highest BCUT2D eigenvalue weighted by Crippen LogP contribution is 2.40. The first-order chi connectivity index (χ1) is 19.3. The number of alkyl halides is 3. The van der Waals surface area contributed by atoms with Crippen LogP contribution in [0, 0.1) is 0 Å². The fourth-order valence-corrected chi connectivity index (χ4v) is 6.21. The second-order valence-corrected chi connectivity index (χ2v) is 11.5. The molecule has 3 fully saturated rings. The molecule has 3 aromatic rings. The molecule has 2 aliphatic heterocycles. The van der Waals surface area contributed by atoms with Crippen LogP contribution in [0.15, 0.2) is 36.7 Å². The second kappa shape index (κ2) is 11.5. The Labute approximate surface area is 232 Å². The van der Waals surface area contributed by atoms with Crippen LogP contribution in [-0.2, 0) is 24.6 Å². The number of hydrogen-bond acceptors (Lipinski definition) is 6. The van der Waals surface area contributed by atoms with Crippen molar-refractivity contribution in [3.05, 3.63) is 59.4 Å². The maximum Gasteiger partial charge on any atom is 0.416 e. The molecule has 1 saturated carbocycles. The largest absolute Gasteiger partial charge is 0.486 e. The lowest BCUT2D eigenvalue weighted by Gasteiger charge is -2.37. The van der Waals surface area contributed by atoms with Crippen LogP contribution < -0.4 is 4.74 Å². The Bertz CT molecular complexity index is 1270. The summed E-state index contributed by atoms with van der Waals surface area (Å²) in [5.41, 5.74) is 0.568. The van der Waals surface area contributed by atoms with Gasteiger partial charge >= 0.3 is 6.18 Å². The van der Waals surface area contributed by atoms with E-state index in [9.17, 15) is 13.2 Å². The monoisotopic (exact) mass is 558 g/mol. The Morgan fingerprint density at radius 2 is 1.82 bits per heavy atom. The molecule has 40 heavy (non-hydrogen) atoms. The molecule has 0 bridgehead atoms. The summed E-state index contributed by atoms with van der Waals surface area (Å²) in [5.74, 6) is 2.43. The molecule has 0 radical (unpaired) electrons. The number of aromatic nitrogens is 5. The van der Waals surface area contributed by atoms with Crippen LogP contribution in [-0.4, -0.2) is 61.8 Å². The van der Waals surface area contributed by atoms with Gasteiger partial charge in [-0.05, 0) is 87.7 Å². The van der Waals surface area contributed by atoms with E-state index in [1.807, 2.05) is 17.8 Å². The summed E-state index contributed by atoms with van der Waals surface area (Å²) in [6.45, 7) is 4.28. The SMILES string of the molecule is Cn1c(COc2cccc(C(F)(F)F)c2)nnc1C1CCC(c2cnn([C@@H]3CC[C@@H](CN4CCC4)OC3)c2)CC1. The van der Waals surface area contributed by atoms with Crippen molar-refractivity contribution < 1.29 is 22.6 Å². The summed E-state index contributed by atoms with van der Waals surface area (Å²) in [6.07, 6.45) is 7.83. The van der Waals surface area contributed by atoms with E-state index in [2.05, 4.69) is 26.0 Å². The first-order valence-corrected chi connectivity index (χ1v) is 14.4. The third-order valence-corrected chi connectivity index (χ3v) is 8.84. The number of nitrogens with zero attached hydrogens (tertiary/aromatic N) is 6. The highest BCUT2D eigenvalue weighted by atomic mass is 19.4. The number of likely N-dealkylation sites (tertiary alicyclic amines) is 1. The Balaban J connectivity index is 0.993. The fourth-order valence-electron chi connectivity index (χ4n) is 6.21. The predicted octanol–water partition coefficient (Wildman–Crippen LogP) is 5.48. The van der Waals surface area contributed by atoms with Gasteiger partial charge in [-0.15, -0.1) is 10.2 Å². The van der Waals surface area contributed by atoms with Crippen molar-refractivity contribution in [1.82, 2.24) is 29.4 Å². The number of rotatable bonds is 8. The van der Waals surface area contributed by atoms with Crippen LogP contribution in [0.25, 0.3) is 0 Å². The Morgan fingerprint density at radius 1 is 1.02 bits per heavy atom. The van der Waals surface area contributed by atoms with Gasteiger partial charge in [-0.2, -0.15) is 18.3 Å². The maximum absolute atomic E-state index is 13.0. The Kier molecular flexibility index (Phi) is 7.85. The molecule has 2 atom stereocenters. The number of hydrogen-bond donors (Lipinski definition) is 0. The van der Waals surface area contributed by atoms with E-state index in [-0.39, 0.29) is 12.4 Å². The van der Waals surface area contributed by atoms with E-state index in [4.69, 9.17) is 14.6 Å². The molecule has 0 N–H and O–H groups in total. The molecule has 2 aromatic heterocycles. The second-order valence-electron chi connectivity index (χ2n) is 11.5. The molecule has 0 spiro atoms. The summed E-state index contributed by atoms with van der Waals surface area (Å²) in [6, 6.07) is 5.21. The average molecular weight is 559 g/mol. The molecule has 4 heterocycles. The molecule has 11 heteroatoms. The van der Waals surface area contributed by atoms with Crippen LogP contribution >= 0.6 is 0 Å². The van der Waals surface area contributed by atoms with E-state index >= 15 is 0 Å². The molecule has 1 aliphatic carbocycles. The van der Waals surface area contributed by atoms with E-state index in [0.29, 0.717) is 29.8 Å². The fraction of sp³-hybridized carbons (Fsp3) is 0.621. The average Bonchev–Trinajstić information content (AvgIpc) is 3.57. The van der Waals surface area contributed by atoms with Crippen LogP contribution in [0.5, 0.6) is 5.75 Å². The van der Waals surface area contributed by atoms with E-state index in [1.54, 1.807) is 0 Å². The van der Waals surface area contributed by atoms with Gasteiger partial charge in [0.1, 0.15) is 18.2 Å². The molecule has 8 nitrogen and oxygen atoms in total. The zero-order chi connectivity index (χ0) is 27.7. The molecule has 0 unspecified atom stereocenters. The quantitative estimate of drug-likeness (QED) is 0.365. The van der Waals surface area contributed by atoms with Gasteiger partial charge in [0.15, 0.2) is 5.82 Å². The van der Waals surface area contributed by atoms with Gasteiger partial charge in [0, 0.05) is 25.7 Å². The predicted molar refractivity (Wildman–Crippen MR) is 142 cm³/mol. The summed E-state index contributed by atoms with van der Waals surface area (Å²) >= 11 is 0. The van der Waals surface area contributed by atoms with Crippen molar-refractivity contribution in [1.29, 1.82) is 0 Å².